The van der Waals surface area contributed by atoms with E-state index >= 15 is 0 Å². The molecule has 0 amide bonds. The molecule has 0 aromatic heterocycles. The van der Waals surface area contributed by atoms with Crippen molar-refractivity contribution in [1.82, 2.24) is 14.9 Å². The van der Waals surface area contributed by atoms with Crippen molar-refractivity contribution in [3.63, 3.8) is 0 Å². The van der Waals surface area contributed by atoms with E-state index in [4.69, 9.17) is 9.47 Å². The summed E-state index contributed by atoms with van der Waals surface area (Å²) in [6, 6.07) is 0. The first-order valence-corrected chi connectivity index (χ1v) is 5.74. The van der Waals surface area contributed by atoms with Gasteiger partial charge in [-0.3, -0.25) is 5.01 Å². The molecular formula is C11H19N3O3. The number of ether oxygens (including phenoxy) is 2. The van der Waals surface area contributed by atoms with Crippen LogP contribution in [-0.2, 0) is 14.3 Å². The second-order valence-corrected chi connectivity index (χ2v) is 4.23. The number of carbonyl (C=O) groups is 1. The fourth-order valence-electron chi connectivity index (χ4n) is 2.21. The smallest absolute Gasteiger partial charge is 0.338 e. The van der Waals surface area contributed by atoms with Crippen LogP contribution in [-0.4, -0.2) is 74.9 Å². The van der Waals surface area contributed by atoms with Crippen LogP contribution in [0, 0.1) is 0 Å². The number of methoxy groups -OCH3 is 1. The van der Waals surface area contributed by atoms with Crippen LogP contribution < -0.4 is 0 Å². The highest BCUT2D eigenvalue weighted by Crippen LogP contribution is 2.25. The largest absolute Gasteiger partial charge is 0.466 e. The monoisotopic (exact) mass is 241 g/mol. The molecule has 0 N–H and O–H groups in total. The quantitative estimate of drug-likeness (QED) is 0.607. The highest BCUT2D eigenvalue weighted by atomic mass is 16.5. The van der Waals surface area contributed by atoms with E-state index in [1.54, 1.807) is 0 Å². The summed E-state index contributed by atoms with van der Waals surface area (Å²) < 4.78 is 10.2. The van der Waals surface area contributed by atoms with Crippen LogP contribution >= 0.6 is 0 Å². The summed E-state index contributed by atoms with van der Waals surface area (Å²) in [7, 11) is 5.34. The van der Waals surface area contributed by atoms with E-state index in [0.29, 0.717) is 19.8 Å². The van der Waals surface area contributed by atoms with Crippen molar-refractivity contribution in [3.8, 4) is 0 Å². The Morgan fingerprint density at radius 1 is 1.29 bits per heavy atom. The summed E-state index contributed by atoms with van der Waals surface area (Å²) in [5, 5.41) is 3.99. The standard InChI is InChI=1S/C11H19N3O3/c1-12-8-9(11(15)16-3)10(13(12)2)14-4-6-17-7-5-14/h4-8H2,1-3H3. The first kappa shape index (κ1) is 12.2. The van der Waals surface area contributed by atoms with Crippen LogP contribution in [0.1, 0.15) is 0 Å². The number of nitrogens with zero attached hydrogens (tertiary/aromatic N) is 3. The predicted octanol–water partition coefficient (Wildman–Crippen LogP) is -0.505. The molecule has 0 aromatic rings. The molecule has 0 atom stereocenters. The van der Waals surface area contributed by atoms with Crippen LogP contribution in [0.15, 0.2) is 11.4 Å². The van der Waals surface area contributed by atoms with Crippen LogP contribution in [0.5, 0.6) is 0 Å². The second kappa shape index (κ2) is 4.93. The minimum atomic E-state index is -0.248. The first-order chi connectivity index (χ1) is 8.15. The van der Waals surface area contributed by atoms with Crippen LogP contribution in [0.25, 0.3) is 0 Å². The van der Waals surface area contributed by atoms with E-state index in [2.05, 4.69) is 4.90 Å². The van der Waals surface area contributed by atoms with Gasteiger partial charge in [-0.15, -0.1) is 0 Å². The van der Waals surface area contributed by atoms with Gasteiger partial charge in [-0.25, -0.2) is 9.80 Å². The lowest BCUT2D eigenvalue weighted by molar-refractivity contribution is -0.136. The third kappa shape index (κ3) is 2.23. The number of esters is 1. The molecule has 17 heavy (non-hydrogen) atoms. The Balaban J connectivity index is 2.26. The van der Waals surface area contributed by atoms with Crippen molar-refractivity contribution in [2.75, 3.05) is 54.1 Å². The minimum Gasteiger partial charge on any atom is -0.466 e. The zero-order valence-corrected chi connectivity index (χ0v) is 10.6. The maximum atomic E-state index is 11.8. The van der Waals surface area contributed by atoms with Crippen LogP contribution in [0.4, 0.5) is 0 Å². The van der Waals surface area contributed by atoms with Gasteiger partial charge in [-0.1, -0.05) is 0 Å². The highest BCUT2D eigenvalue weighted by Gasteiger charge is 2.33. The lowest BCUT2D eigenvalue weighted by Gasteiger charge is -2.35. The Hall–Kier alpha value is -1.27. The number of carbonyl (C=O) groups excluding carboxylic acids is 1. The molecule has 0 spiro atoms. The number of morpholine rings is 1. The van der Waals surface area contributed by atoms with Crippen molar-refractivity contribution in [2.24, 2.45) is 0 Å². The number of likely N-dealkylation sites (N-methyl/N-ethyl adjacent to an activating group) is 1. The van der Waals surface area contributed by atoms with E-state index in [-0.39, 0.29) is 5.97 Å². The van der Waals surface area contributed by atoms with Gasteiger partial charge in [0.05, 0.1) is 32.4 Å². The average molecular weight is 241 g/mol. The van der Waals surface area contributed by atoms with Crippen molar-refractivity contribution < 1.29 is 14.3 Å². The molecule has 1 saturated heterocycles. The van der Waals surface area contributed by atoms with Gasteiger partial charge in [0.25, 0.3) is 0 Å². The van der Waals surface area contributed by atoms with E-state index in [9.17, 15) is 4.79 Å². The van der Waals surface area contributed by atoms with Crippen molar-refractivity contribution in [3.05, 3.63) is 11.4 Å². The van der Waals surface area contributed by atoms with Gasteiger partial charge in [-0.2, -0.15) is 0 Å². The van der Waals surface area contributed by atoms with Gasteiger partial charge < -0.3 is 14.4 Å². The summed E-state index contributed by atoms with van der Waals surface area (Å²) in [4.78, 5) is 13.9. The Bertz CT molecular complexity index is 337. The summed E-state index contributed by atoms with van der Waals surface area (Å²) >= 11 is 0. The van der Waals surface area contributed by atoms with Crippen molar-refractivity contribution in [1.29, 1.82) is 0 Å². The molecule has 0 saturated carbocycles. The Kier molecular flexibility index (Phi) is 3.54. The van der Waals surface area contributed by atoms with Gasteiger partial charge in [0.1, 0.15) is 5.82 Å². The molecule has 0 unspecified atom stereocenters. The normalized spacial score (nSPS) is 22.3. The zero-order valence-electron chi connectivity index (χ0n) is 10.6. The van der Waals surface area contributed by atoms with E-state index in [0.717, 1.165) is 24.5 Å². The summed E-state index contributed by atoms with van der Waals surface area (Å²) in [6.07, 6.45) is 0. The van der Waals surface area contributed by atoms with E-state index in [1.807, 2.05) is 24.1 Å². The molecule has 2 aliphatic rings. The minimum absolute atomic E-state index is 0.248. The van der Waals surface area contributed by atoms with Crippen molar-refractivity contribution in [2.45, 2.75) is 0 Å². The number of hydrazine groups is 1. The summed E-state index contributed by atoms with van der Waals surface area (Å²) in [5.41, 5.74) is 0.722. The summed E-state index contributed by atoms with van der Waals surface area (Å²) in [6.45, 7) is 3.63. The molecule has 2 rings (SSSR count). The number of hydrogen-bond acceptors (Lipinski definition) is 6. The molecule has 0 bridgehead atoms. The number of rotatable bonds is 2. The number of hydrogen-bond donors (Lipinski definition) is 0. The maximum absolute atomic E-state index is 11.8. The fraction of sp³-hybridized carbons (Fsp3) is 0.727. The predicted molar refractivity (Wildman–Crippen MR) is 61.8 cm³/mol. The molecule has 2 heterocycles. The lowest BCUT2D eigenvalue weighted by Crippen LogP contribution is -2.42. The molecule has 6 nitrogen and oxygen atoms in total. The lowest BCUT2D eigenvalue weighted by atomic mass is 10.2. The molecule has 6 heteroatoms. The Morgan fingerprint density at radius 3 is 2.53 bits per heavy atom. The van der Waals surface area contributed by atoms with Gasteiger partial charge in [0, 0.05) is 27.2 Å². The van der Waals surface area contributed by atoms with Crippen molar-refractivity contribution >= 4 is 5.97 Å². The Labute approximate surface area is 101 Å². The second-order valence-electron chi connectivity index (χ2n) is 4.23. The third-order valence-electron chi connectivity index (χ3n) is 3.22. The average Bonchev–Trinajstić information content (AvgIpc) is 2.66. The molecule has 0 radical (unpaired) electrons. The van der Waals surface area contributed by atoms with E-state index < -0.39 is 0 Å². The summed E-state index contributed by atoms with van der Waals surface area (Å²) in [5.74, 6) is 0.699. The van der Waals surface area contributed by atoms with Crippen LogP contribution in [0.2, 0.25) is 0 Å². The van der Waals surface area contributed by atoms with Gasteiger partial charge >= 0.3 is 5.97 Å². The fourth-order valence-corrected chi connectivity index (χ4v) is 2.21. The topological polar surface area (TPSA) is 45.2 Å². The van der Waals surface area contributed by atoms with Gasteiger partial charge in [0.15, 0.2) is 0 Å². The van der Waals surface area contributed by atoms with Crippen LogP contribution in [0.3, 0.4) is 0 Å². The zero-order chi connectivity index (χ0) is 12.4. The molecule has 1 fully saturated rings. The molecular weight excluding hydrogens is 222 g/mol. The maximum Gasteiger partial charge on any atom is 0.338 e. The SMILES string of the molecule is COC(=O)C1=C(N2CCOCC2)N(C)N(C)C1. The van der Waals surface area contributed by atoms with Gasteiger partial charge in [-0.05, 0) is 0 Å². The molecule has 0 aromatic carbocycles. The highest BCUT2D eigenvalue weighted by molar-refractivity contribution is 5.90. The molecule has 2 aliphatic heterocycles. The Morgan fingerprint density at radius 2 is 1.94 bits per heavy atom. The first-order valence-electron chi connectivity index (χ1n) is 5.74. The molecule has 0 aliphatic carbocycles. The van der Waals surface area contributed by atoms with Gasteiger partial charge in [0.2, 0.25) is 0 Å². The van der Waals surface area contributed by atoms with E-state index in [1.165, 1.54) is 7.11 Å². The third-order valence-corrected chi connectivity index (χ3v) is 3.22. The molecule has 96 valence electrons.